The first-order valence-electron chi connectivity index (χ1n) is 5.56. The highest BCUT2D eigenvalue weighted by molar-refractivity contribution is 5.97. The zero-order valence-corrected chi connectivity index (χ0v) is 10.2. The van der Waals surface area contributed by atoms with E-state index < -0.39 is 23.5 Å². The second-order valence-electron chi connectivity index (χ2n) is 3.87. The monoisotopic (exact) mass is 256 g/mol. The fourth-order valence-corrected chi connectivity index (χ4v) is 1.54. The molecule has 1 aromatic carbocycles. The number of Topliss-reactive ketones (excluding diaryl/α,β-unsaturated/α-hetero) is 1. The van der Waals surface area contributed by atoms with E-state index >= 15 is 0 Å². The maximum atomic E-state index is 13.0. The maximum Gasteiger partial charge on any atom is 0.316 e. The van der Waals surface area contributed by atoms with E-state index in [0.717, 1.165) is 12.1 Å². The van der Waals surface area contributed by atoms with Crippen LogP contribution in [0.15, 0.2) is 18.2 Å². The fraction of sp³-hybridized carbons (Fsp3) is 0.385. The third kappa shape index (κ3) is 3.61. The molecule has 3 nitrogen and oxygen atoms in total. The van der Waals surface area contributed by atoms with Gasteiger partial charge in [0, 0.05) is 0 Å². The summed E-state index contributed by atoms with van der Waals surface area (Å²) in [6.45, 7) is 3.06. The molecule has 98 valence electrons. The SMILES string of the molecule is CCOC(=O)C(Cc1ccc(F)c(F)c1)C(C)=O. The van der Waals surface area contributed by atoms with E-state index in [1.165, 1.54) is 13.0 Å². The molecule has 18 heavy (non-hydrogen) atoms. The van der Waals surface area contributed by atoms with Crippen LogP contribution < -0.4 is 0 Å². The van der Waals surface area contributed by atoms with Gasteiger partial charge in [0.05, 0.1) is 6.61 Å². The maximum absolute atomic E-state index is 13.0. The largest absolute Gasteiger partial charge is 0.465 e. The second-order valence-corrected chi connectivity index (χ2v) is 3.87. The van der Waals surface area contributed by atoms with Gasteiger partial charge >= 0.3 is 5.97 Å². The van der Waals surface area contributed by atoms with Crippen LogP contribution in [0.4, 0.5) is 8.78 Å². The molecule has 0 heterocycles. The minimum absolute atomic E-state index is 0.00532. The lowest BCUT2D eigenvalue weighted by Crippen LogP contribution is -2.26. The third-order valence-corrected chi connectivity index (χ3v) is 2.49. The number of esters is 1. The Morgan fingerprint density at radius 3 is 2.44 bits per heavy atom. The summed E-state index contributed by atoms with van der Waals surface area (Å²) >= 11 is 0. The minimum Gasteiger partial charge on any atom is -0.465 e. The second kappa shape index (κ2) is 6.23. The number of rotatable bonds is 5. The number of hydrogen-bond acceptors (Lipinski definition) is 3. The average molecular weight is 256 g/mol. The Labute approximate surface area is 104 Å². The predicted molar refractivity (Wildman–Crippen MR) is 60.9 cm³/mol. The van der Waals surface area contributed by atoms with E-state index in [4.69, 9.17) is 4.74 Å². The van der Waals surface area contributed by atoms with Crippen LogP contribution in [0.2, 0.25) is 0 Å². The zero-order chi connectivity index (χ0) is 13.7. The molecule has 0 aliphatic rings. The van der Waals surface area contributed by atoms with E-state index in [2.05, 4.69) is 0 Å². The Balaban J connectivity index is 2.86. The van der Waals surface area contributed by atoms with Crippen molar-refractivity contribution in [2.24, 2.45) is 5.92 Å². The molecular formula is C13H14F2O3. The Bertz CT molecular complexity index is 458. The van der Waals surface area contributed by atoms with Crippen molar-refractivity contribution in [3.63, 3.8) is 0 Å². The Hall–Kier alpha value is -1.78. The molecule has 0 aromatic heterocycles. The summed E-state index contributed by atoms with van der Waals surface area (Å²) in [6.07, 6.45) is 0.00532. The molecule has 0 radical (unpaired) electrons. The van der Waals surface area contributed by atoms with Crippen molar-refractivity contribution in [3.8, 4) is 0 Å². The molecule has 0 aliphatic heterocycles. The van der Waals surface area contributed by atoms with Crippen LogP contribution in [-0.2, 0) is 20.7 Å². The molecular weight excluding hydrogens is 242 g/mol. The van der Waals surface area contributed by atoms with Crippen molar-refractivity contribution in [2.45, 2.75) is 20.3 Å². The fourth-order valence-electron chi connectivity index (χ4n) is 1.54. The molecule has 0 spiro atoms. The topological polar surface area (TPSA) is 43.4 Å². The molecule has 0 saturated carbocycles. The van der Waals surface area contributed by atoms with Crippen LogP contribution in [0.25, 0.3) is 0 Å². The Morgan fingerprint density at radius 2 is 1.94 bits per heavy atom. The molecule has 1 aromatic rings. The smallest absolute Gasteiger partial charge is 0.316 e. The van der Waals surface area contributed by atoms with Crippen molar-refractivity contribution in [3.05, 3.63) is 35.4 Å². The molecule has 5 heteroatoms. The number of halogens is 2. The highest BCUT2D eigenvalue weighted by atomic mass is 19.2. The lowest BCUT2D eigenvalue weighted by molar-refractivity contribution is -0.151. The van der Waals surface area contributed by atoms with Crippen molar-refractivity contribution in [1.29, 1.82) is 0 Å². The zero-order valence-electron chi connectivity index (χ0n) is 10.2. The van der Waals surface area contributed by atoms with Gasteiger partial charge in [0.1, 0.15) is 11.7 Å². The predicted octanol–water partition coefficient (Wildman–Crippen LogP) is 2.28. The first kappa shape index (κ1) is 14.3. The summed E-state index contributed by atoms with van der Waals surface area (Å²) in [6, 6.07) is 3.28. The van der Waals surface area contributed by atoms with Crippen LogP contribution in [0.1, 0.15) is 19.4 Å². The van der Waals surface area contributed by atoms with Gasteiger partial charge in [-0.25, -0.2) is 8.78 Å². The van der Waals surface area contributed by atoms with Gasteiger partial charge < -0.3 is 4.74 Å². The molecule has 0 amide bonds. The number of benzene rings is 1. The summed E-state index contributed by atoms with van der Waals surface area (Å²) in [5, 5.41) is 0. The lowest BCUT2D eigenvalue weighted by Gasteiger charge is -2.12. The molecule has 0 saturated heterocycles. The summed E-state index contributed by atoms with van der Waals surface area (Å²) < 4.78 is 30.5. The number of carbonyl (C=O) groups is 2. The van der Waals surface area contributed by atoms with Gasteiger partial charge in [0.2, 0.25) is 0 Å². The molecule has 0 aliphatic carbocycles. The molecule has 1 rings (SSSR count). The minimum atomic E-state index is -1.00. The standard InChI is InChI=1S/C13H14F2O3/c1-3-18-13(17)10(8(2)16)6-9-4-5-11(14)12(15)7-9/h4-5,7,10H,3,6H2,1-2H3. The van der Waals surface area contributed by atoms with Gasteiger partial charge in [0.25, 0.3) is 0 Å². The average Bonchev–Trinajstić information content (AvgIpc) is 2.30. The quantitative estimate of drug-likeness (QED) is 0.599. The van der Waals surface area contributed by atoms with Crippen LogP contribution in [0, 0.1) is 17.6 Å². The highest BCUT2D eigenvalue weighted by Gasteiger charge is 2.25. The van der Waals surface area contributed by atoms with E-state index in [1.54, 1.807) is 6.92 Å². The van der Waals surface area contributed by atoms with Crippen LogP contribution >= 0.6 is 0 Å². The van der Waals surface area contributed by atoms with Gasteiger partial charge in [-0.3, -0.25) is 9.59 Å². The number of ketones is 1. The summed E-state index contributed by atoms with van der Waals surface area (Å²) in [7, 11) is 0. The van der Waals surface area contributed by atoms with Crippen molar-refractivity contribution < 1.29 is 23.1 Å². The number of hydrogen-bond donors (Lipinski definition) is 0. The van der Waals surface area contributed by atoms with E-state index in [1.807, 2.05) is 0 Å². The summed E-state index contributed by atoms with van der Waals surface area (Å²) in [5.41, 5.74) is 0.377. The highest BCUT2D eigenvalue weighted by Crippen LogP contribution is 2.15. The third-order valence-electron chi connectivity index (χ3n) is 2.49. The van der Waals surface area contributed by atoms with Gasteiger partial charge in [-0.2, -0.15) is 0 Å². The lowest BCUT2D eigenvalue weighted by atomic mass is 9.96. The molecule has 0 bridgehead atoms. The first-order chi connectivity index (χ1) is 8.45. The van der Waals surface area contributed by atoms with E-state index in [0.29, 0.717) is 5.56 Å². The van der Waals surface area contributed by atoms with Gasteiger partial charge in [-0.15, -0.1) is 0 Å². The molecule has 1 unspecified atom stereocenters. The van der Waals surface area contributed by atoms with Gasteiger partial charge in [0.15, 0.2) is 11.6 Å². The molecule has 0 N–H and O–H groups in total. The molecule has 1 atom stereocenters. The van der Waals surface area contributed by atoms with Crippen LogP contribution in [-0.4, -0.2) is 18.4 Å². The number of carbonyl (C=O) groups excluding carboxylic acids is 2. The van der Waals surface area contributed by atoms with Crippen LogP contribution in [0.3, 0.4) is 0 Å². The number of ether oxygens (including phenoxy) is 1. The van der Waals surface area contributed by atoms with E-state index in [-0.39, 0.29) is 18.8 Å². The van der Waals surface area contributed by atoms with Crippen molar-refractivity contribution >= 4 is 11.8 Å². The Kier molecular flexibility index (Phi) is 4.95. The summed E-state index contributed by atoms with van der Waals surface area (Å²) in [4.78, 5) is 22.9. The van der Waals surface area contributed by atoms with Crippen molar-refractivity contribution in [2.75, 3.05) is 6.61 Å². The van der Waals surface area contributed by atoms with E-state index in [9.17, 15) is 18.4 Å². The molecule has 0 fully saturated rings. The normalized spacial score (nSPS) is 12.0. The first-order valence-corrected chi connectivity index (χ1v) is 5.56. The van der Waals surface area contributed by atoms with Crippen LogP contribution in [0.5, 0.6) is 0 Å². The summed E-state index contributed by atoms with van der Waals surface area (Å²) in [5.74, 6) is -3.95. The van der Waals surface area contributed by atoms with Gasteiger partial charge in [-0.1, -0.05) is 6.07 Å². The van der Waals surface area contributed by atoms with Gasteiger partial charge in [-0.05, 0) is 38.0 Å². The Morgan fingerprint density at radius 1 is 1.28 bits per heavy atom. The van der Waals surface area contributed by atoms with Crippen molar-refractivity contribution in [1.82, 2.24) is 0 Å².